The van der Waals surface area contributed by atoms with Gasteiger partial charge in [-0.3, -0.25) is 4.79 Å². The predicted octanol–water partition coefficient (Wildman–Crippen LogP) is 2.71. The van der Waals surface area contributed by atoms with Crippen LogP contribution in [0.2, 0.25) is 0 Å². The Morgan fingerprint density at radius 3 is 2.47 bits per heavy atom. The number of primary amides is 1. The van der Waals surface area contributed by atoms with E-state index in [4.69, 9.17) is 11.5 Å². The molecule has 4 N–H and O–H groups in total. The van der Waals surface area contributed by atoms with Crippen LogP contribution in [0.4, 0.5) is 0 Å². The van der Waals surface area contributed by atoms with E-state index in [2.05, 4.69) is 32.0 Å². The van der Waals surface area contributed by atoms with Crippen LogP contribution in [0.5, 0.6) is 0 Å². The summed E-state index contributed by atoms with van der Waals surface area (Å²) in [5, 5.41) is 0. The lowest BCUT2D eigenvalue weighted by molar-refractivity contribution is -0.118. The molecule has 1 aromatic rings. The highest BCUT2D eigenvalue weighted by Gasteiger charge is 2.15. The van der Waals surface area contributed by atoms with E-state index in [-0.39, 0.29) is 17.9 Å². The molecule has 19 heavy (non-hydrogen) atoms. The summed E-state index contributed by atoms with van der Waals surface area (Å²) in [5.74, 6) is -0.0276. The fraction of sp³-hybridized carbons (Fsp3) is 0.562. The average molecular weight is 262 g/mol. The second kappa shape index (κ2) is 7.29. The van der Waals surface area contributed by atoms with E-state index in [0.29, 0.717) is 6.42 Å². The zero-order chi connectivity index (χ0) is 14.4. The Bertz CT molecular complexity index is 429. The minimum atomic E-state index is -0.252. The smallest absolute Gasteiger partial charge is 0.217 e. The van der Waals surface area contributed by atoms with Gasteiger partial charge in [-0.1, -0.05) is 39.0 Å². The number of hydrogen-bond acceptors (Lipinski definition) is 2. The van der Waals surface area contributed by atoms with Crippen LogP contribution in [0.25, 0.3) is 0 Å². The summed E-state index contributed by atoms with van der Waals surface area (Å²) in [6.07, 6.45) is 3.20. The van der Waals surface area contributed by atoms with Crippen molar-refractivity contribution < 1.29 is 4.79 Å². The first-order valence-electron chi connectivity index (χ1n) is 7.13. The molecule has 2 unspecified atom stereocenters. The van der Waals surface area contributed by atoms with Crippen molar-refractivity contribution in [3.05, 3.63) is 34.9 Å². The van der Waals surface area contributed by atoms with Crippen LogP contribution in [0.1, 0.15) is 56.3 Å². The third-order valence-electron chi connectivity index (χ3n) is 3.60. The van der Waals surface area contributed by atoms with Crippen molar-refractivity contribution in [2.24, 2.45) is 17.4 Å². The number of carbonyl (C=O) groups excluding carboxylic acids is 1. The zero-order valence-corrected chi connectivity index (χ0v) is 12.3. The molecule has 0 spiro atoms. The van der Waals surface area contributed by atoms with E-state index in [0.717, 1.165) is 19.3 Å². The first-order valence-corrected chi connectivity index (χ1v) is 7.13. The fourth-order valence-corrected chi connectivity index (χ4v) is 2.52. The minimum Gasteiger partial charge on any atom is -0.370 e. The molecule has 1 amide bonds. The summed E-state index contributed by atoms with van der Waals surface area (Å²) >= 11 is 0. The summed E-state index contributed by atoms with van der Waals surface area (Å²) < 4.78 is 0. The van der Waals surface area contributed by atoms with Gasteiger partial charge in [0, 0.05) is 12.5 Å². The summed E-state index contributed by atoms with van der Waals surface area (Å²) in [6.45, 7) is 6.32. The van der Waals surface area contributed by atoms with E-state index < -0.39 is 0 Å². The second-order valence-corrected chi connectivity index (χ2v) is 5.36. The van der Waals surface area contributed by atoms with Crippen LogP contribution in [-0.4, -0.2) is 5.91 Å². The molecule has 0 heterocycles. The number of amides is 1. The molecule has 3 heteroatoms. The van der Waals surface area contributed by atoms with Gasteiger partial charge in [0.2, 0.25) is 5.91 Å². The third kappa shape index (κ3) is 4.67. The molecule has 0 saturated carbocycles. The highest BCUT2D eigenvalue weighted by atomic mass is 16.1. The van der Waals surface area contributed by atoms with Gasteiger partial charge in [0.1, 0.15) is 0 Å². The normalized spacial score (nSPS) is 14.1. The van der Waals surface area contributed by atoms with Crippen molar-refractivity contribution in [1.82, 2.24) is 0 Å². The largest absolute Gasteiger partial charge is 0.370 e. The van der Waals surface area contributed by atoms with Gasteiger partial charge in [0.15, 0.2) is 0 Å². The second-order valence-electron chi connectivity index (χ2n) is 5.36. The molecule has 0 aliphatic carbocycles. The van der Waals surface area contributed by atoms with E-state index in [1.165, 1.54) is 16.7 Å². The highest BCUT2D eigenvalue weighted by Crippen LogP contribution is 2.25. The summed E-state index contributed by atoms with van der Waals surface area (Å²) in [6, 6.07) is 6.53. The van der Waals surface area contributed by atoms with Crippen LogP contribution < -0.4 is 11.5 Å². The average Bonchev–Trinajstić information content (AvgIpc) is 2.36. The van der Waals surface area contributed by atoms with Crippen LogP contribution in [-0.2, 0) is 17.6 Å². The Kier molecular flexibility index (Phi) is 6.03. The molecule has 0 radical (unpaired) electrons. The number of benzene rings is 1. The van der Waals surface area contributed by atoms with Crippen LogP contribution in [0, 0.1) is 5.92 Å². The molecule has 0 saturated heterocycles. The maximum Gasteiger partial charge on any atom is 0.217 e. The molecule has 1 aromatic carbocycles. The molecular formula is C16H26N2O. The lowest BCUT2D eigenvalue weighted by atomic mass is 9.89. The molecule has 3 nitrogen and oxygen atoms in total. The molecule has 0 aromatic heterocycles. The molecule has 106 valence electrons. The van der Waals surface area contributed by atoms with Crippen molar-refractivity contribution in [2.45, 2.75) is 52.5 Å². The van der Waals surface area contributed by atoms with E-state index in [1.807, 2.05) is 6.92 Å². The van der Waals surface area contributed by atoms with Gasteiger partial charge in [-0.05, 0) is 41.9 Å². The highest BCUT2D eigenvalue weighted by molar-refractivity contribution is 5.73. The van der Waals surface area contributed by atoms with Crippen molar-refractivity contribution in [2.75, 3.05) is 0 Å². The van der Waals surface area contributed by atoms with Gasteiger partial charge in [-0.25, -0.2) is 0 Å². The Morgan fingerprint density at radius 1 is 1.26 bits per heavy atom. The molecule has 2 atom stereocenters. The first-order chi connectivity index (χ1) is 8.97. The van der Waals surface area contributed by atoms with Gasteiger partial charge in [0.25, 0.3) is 0 Å². The van der Waals surface area contributed by atoms with Gasteiger partial charge >= 0.3 is 0 Å². The van der Waals surface area contributed by atoms with Gasteiger partial charge in [-0.15, -0.1) is 0 Å². The topological polar surface area (TPSA) is 69.1 Å². The predicted molar refractivity (Wildman–Crippen MR) is 79.7 cm³/mol. The van der Waals surface area contributed by atoms with Crippen LogP contribution in [0.15, 0.2) is 18.2 Å². The Hall–Kier alpha value is -1.35. The van der Waals surface area contributed by atoms with Crippen LogP contribution in [0.3, 0.4) is 0 Å². The van der Waals surface area contributed by atoms with Crippen molar-refractivity contribution in [3.63, 3.8) is 0 Å². The first kappa shape index (κ1) is 15.7. The van der Waals surface area contributed by atoms with Crippen molar-refractivity contribution in [1.29, 1.82) is 0 Å². The van der Waals surface area contributed by atoms with E-state index in [1.54, 1.807) is 0 Å². The molecular weight excluding hydrogens is 236 g/mol. The molecule has 0 aliphatic rings. The number of rotatable bonds is 7. The standard InChI is InChI=1S/C16H26N2O/c1-4-12-6-7-13(5-2)14(10-12)15(17)8-11(3)9-16(18)19/h6-7,10-11,15H,4-5,8-9,17H2,1-3H3,(H2,18,19). The summed E-state index contributed by atoms with van der Waals surface area (Å²) in [7, 11) is 0. The summed E-state index contributed by atoms with van der Waals surface area (Å²) in [5.41, 5.74) is 15.4. The van der Waals surface area contributed by atoms with Gasteiger partial charge in [0.05, 0.1) is 0 Å². The molecule has 0 bridgehead atoms. The number of hydrogen-bond donors (Lipinski definition) is 2. The number of aryl methyl sites for hydroxylation is 2. The molecule has 0 aliphatic heterocycles. The quantitative estimate of drug-likeness (QED) is 0.793. The van der Waals surface area contributed by atoms with E-state index >= 15 is 0 Å². The maximum absolute atomic E-state index is 10.9. The monoisotopic (exact) mass is 262 g/mol. The lowest BCUT2D eigenvalue weighted by Gasteiger charge is -2.20. The number of carbonyl (C=O) groups is 1. The maximum atomic E-state index is 10.9. The number of nitrogens with two attached hydrogens (primary N) is 2. The fourth-order valence-electron chi connectivity index (χ4n) is 2.52. The SMILES string of the molecule is CCc1ccc(CC)c(C(N)CC(C)CC(N)=O)c1. The van der Waals surface area contributed by atoms with Gasteiger partial charge < -0.3 is 11.5 Å². The zero-order valence-electron chi connectivity index (χ0n) is 12.3. The summed E-state index contributed by atoms with van der Waals surface area (Å²) in [4.78, 5) is 10.9. The van der Waals surface area contributed by atoms with Crippen molar-refractivity contribution >= 4 is 5.91 Å². The Morgan fingerprint density at radius 2 is 1.95 bits per heavy atom. The molecule has 1 rings (SSSR count). The lowest BCUT2D eigenvalue weighted by Crippen LogP contribution is -2.20. The Labute approximate surface area is 116 Å². The third-order valence-corrected chi connectivity index (χ3v) is 3.60. The van der Waals surface area contributed by atoms with Crippen molar-refractivity contribution in [3.8, 4) is 0 Å². The van der Waals surface area contributed by atoms with E-state index in [9.17, 15) is 4.79 Å². The molecule has 0 fully saturated rings. The van der Waals surface area contributed by atoms with Crippen LogP contribution >= 0.6 is 0 Å². The minimum absolute atomic E-state index is 0.0178. The Balaban J connectivity index is 2.84. The van der Waals surface area contributed by atoms with Gasteiger partial charge in [-0.2, -0.15) is 0 Å².